The van der Waals surface area contributed by atoms with Gasteiger partial charge >= 0.3 is 0 Å². The monoisotopic (exact) mass is 451 g/mol. The molecule has 2 heterocycles. The maximum Gasteiger partial charge on any atom is 0.247 e. The van der Waals surface area contributed by atoms with Crippen molar-refractivity contribution in [1.82, 2.24) is 9.80 Å². The summed E-state index contributed by atoms with van der Waals surface area (Å²) in [6.07, 6.45) is 2.19. The van der Waals surface area contributed by atoms with Gasteiger partial charge in [-0.05, 0) is 36.1 Å². The van der Waals surface area contributed by atoms with Crippen molar-refractivity contribution in [3.8, 4) is 0 Å². The number of nitrogens with zero attached hydrogens (tertiary/aromatic N) is 2. The number of hydrogen-bond donors (Lipinski definition) is 1. The number of nitrogens with one attached hydrogen (secondary N) is 1. The molecule has 4 rings (SSSR count). The Hall–Kier alpha value is -2.80. The van der Waals surface area contributed by atoms with Crippen molar-refractivity contribution in [3.05, 3.63) is 65.7 Å². The third-order valence-corrected chi connectivity index (χ3v) is 6.96. The van der Waals surface area contributed by atoms with Crippen LogP contribution in [-0.4, -0.2) is 64.7 Å². The average Bonchev–Trinajstić information content (AvgIpc) is 3.32. The minimum absolute atomic E-state index is 0.0150. The van der Waals surface area contributed by atoms with Crippen molar-refractivity contribution in [1.29, 1.82) is 0 Å². The van der Waals surface area contributed by atoms with E-state index in [9.17, 15) is 14.4 Å². The van der Waals surface area contributed by atoms with Crippen LogP contribution in [0.3, 0.4) is 0 Å². The summed E-state index contributed by atoms with van der Waals surface area (Å²) in [5, 5.41) is 2.95. The molecule has 0 aromatic heterocycles. The summed E-state index contributed by atoms with van der Waals surface area (Å²) in [4.78, 5) is 41.7. The van der Waals surface area contributed by atoms with Gasteiger partial charge in [-0.1, -0.05) is 42.5 Å². The molecule has 1 unspecified atom stereocenters. The second kappa shape index (κ2) is 10.7. The van der Waals surface area contributed by atoms with Gasteiger partial charge in [-0.25, -0.2) is 0 Å². The number of carbonyl (C=O) groups is 3. The van der Waals surface area contributed by atoms with E-state index in [1.165, 1.54) is 0 Å². The molecule has 2 aromatic carbocycles. The standard InChI is InChI=1S/C25H29N3O3S/c29-23(27-13-15-32-16-14-27)17-20-8-10-21(11-9-20)26-25(31)22-7-4-12-28(22)24(30)18-19-5-2-1-3-6-19/h1-3,5-6,8-11,22H,4,7,12-18H2,(H,26,31). The second-order valence-corrected chi connectivity index (χ2v) is 9.49. The van der Waals surface area contributed by atoms with Crippen molar-refractivity contribution in [2.75, 3.05) is 36.5 Å². The topological polar surface area (TPSA) is 69.7 Å². The van der Waals surface area contributed by atoms with E-state index in [-0.39, 0.29) is 17.7 Å². The largest absolute Gasteiger partial charge is 0.341 e. The molecule has 3 amide bonds. The second-order valence-electron chi connectivity index (χ2n) is 8.26. The lowest BCUT2D eigenvalue weighted by atomic mass is 10.1. The Kier molecular flexibility index (Phi) is 7.47. The van der Waals surface area contributed by atoms with Gasteiger partial charge in [0.1, 0.15) is 6.04 Å². The van der Waals surface area contributed by atoms with Gasteiger partial charge < -0.3 is 15.1 Å². The number of thioether (sulfide) groups is 1. The number of rotatable bonds is 6. The number of carbonyl (C=O) groups excluding carboxylic acids is 3. The molecular formula is C25H29N3O3S. The molecule has 0 aliphatic carbocycles. The SMILES string of the molecule is O=C(Nc1ccc(CC(=O)N2CCSCC2)cc1)C1CCCN1C(=O)Cc1ccccc1. The highest BCUT2D eigenvalue weighted by Gasteiger charge is 2.33. The zero-order valence-corrected chi connectivity index (χ0v) is 19.0. The predicted molar refractivity (Wildman–Crippen MR) is 128 cm³/mol. The molecule has 2 aromatic rings. The van der Waals surface area contributed by atoms with Crippen LogP contribution in [0, 0.1) is 0 Å². The lowest BCUT2D eigenvalue weighted by Gasteiger charge is -2.26. The van der Waals surface area contributed by atoms with Crippen LogP contribution in [0.2, 0.25) is 0 Å². The van der Waals surface area contributed by atoms with Crippen LogP contribution in [-0.2, 0) is 27.2 Å². The van der Waals surface area contributed by atoms with Gasteiger partial charge in [0.15, 0.2) is 0 Å². The first-order chi connectivity index (χ1) is 15.6. The summed E-state index contributed by atoms with van der Waals surface area (Å²) < 4.78 is 0. The molecule has 2 aliphatic rings. The third kappa shape index (κ3) is 5.71. The van der Waals surface area contributed by atoms with Crippen LogP contribution >= 0.6 is 11.8 Å². The Morgan fingerprint density at radius 3 is 2.22 bits per heavy atom. The highest BCUT2D eigenvalue weighted by atomic mass is 32.2. The van der Waals surface area contributed by atoms with Gasteiger partial charge in [0.2, 0.25) is 17.7 Å². The third-order valence-electron chi connectivity index (χ3n) is 6.01. The van der Waals surface area contributed by atoms with Crippen LogP contribution in [0.5, 0.6) is 0 Å². The van der Waals surface area contributed by atoms with Gasteiger partial charge in [0, 0.05) is 36.8 Å². The summed E-state index contributed by atoms with van der Waals surface area (Å²) in [6, 6.07) is 16.6. The number of amides is 3. The minimum Gasteiger partial charge on any atom is -0.341 e. The zero-order valence-electron chi connectivity index (χ0n) is 18.2. The molecule has 1 atom stereocenters. The Bertz CT molecular complexity index is 943. The molecular weight excluding hydrogens is 422 g/mol. The Balaban J connectivity index is 1.31. The van der Waals surface area contributed by atoms with E-state index in [0.717, 1.165) is 42.1 Å². The summed E-state index contributed by atoms with van der Waals surface area (Å²) >= 11 is 1.88. The Morgan fingerprint density at radius 1 is 0.844 bits per heavy atom. The van der Waals surface area contributed by atoms with E-state index in [2.05, 4.69) is 5.32 Å². The number of anilines is 1. The number of benzene rings is 2. The van der Waals surface area contributed by atoms with Crippen LogP contribution in [0.25, 0.3) is 0 Å². The van der Waals surface area contributed by atoms with Gasteiger partial charge in [-0.2, -0.15) is 11.8 Å². The van der Waals surface area contributed by atoms with Gasteiger partial charge in [-0.15, -0.1) is 0 Å². The maximum atomic E-state index is 12.9. The molecule has 2 saturated heterocycles. The quantitative estimate of drug-likeness (QED) is 0.733. The van der Waals surface area contributed by atoms with Gasteiger partial charge in [0.25, 0.3) is 0 Å². The van der Waals surface area contributed by atoms with Gasteiger partial charge in [0.05, 0.1) is 12.8 Å². The maximum absolute atomic E-state index is 12.9. The molecule has 2 fully saturated rings. The summed E-state index contributed by atoms with van der Waals surface area (Å²) in [6.45, 7) is 2.25. The molecule has 6 nitrogen and oxygen atoms in total. The van der Waals surface area contributed by atoms with Crippen LogP contribution in [0.1, 0.15) is 24.0 Å². The van der Waals surface area contributed by atoms with E-state index in [0.29, 0.717) is 31.5 Å². The lowest BCUT2D eigenvalue weighted by molar-refractivity contribution is -0.136. The first-order valence-electron chi connectivity index (χ1n) is 11.2. The molecule has 0 spiro atoms. The Labute approximate surface area is 193 Å². The Morgan fingerprint density at radius 2 is 1.50 bits per heavy atom. The normalized spacial score (nSPS) is 18.4. The molecule has 2 aliphatic heterocycles. The molecule has 168 valence electrons. The van der Waals surface area contributed by atoms with Gasteiger partial charge in [-0.3, -0.25) is 14.4 Å². The fourth-order valence-electron chi connectivity index (χ4n) is 4.24. The van der Waals surface area contributed by atoms with Crippen molar-refractivity contribution in [3.63, 3.8) is 0 Å². The predicted octanol–water partition coefficient (Wildman–Crippen LogP) is 2.98. The van der Waals surface area contributed by atoms with E-state index in [1.807, 2.05) is 71.3 Å². The average molecular weight is 452 g/mol. The highest BCUT2D eigenvalue weighted by molar-refractivity contribution is 7.99. The fourth-order valence-corrected chi connectivity index (χ4v) is 5.14. The molecule has 1 N–H and O–H groups in total. The molecule has 0 saturated carbocycles. The van der Waals surface area contributed by atoms with Crippen molar-refractivity contribution < 1.29 is 14.4 Å². The van der Waals surface area contributed by atoms with Crippen LogP contribution < -0.4 is 5.32 Å². The first-order valence-corrected chi connectivity index (χ1v) is 12.3. The number of likely N-dealkylation sites (tertiary alicyclic amines) is 1. The van der Waals surface area contributed by atoms with E-state index < -0.39 is 6.04 Å². The van der Waals surface area contributed by atoms with Crippen molar-refractivity contribution >= 4 is 35.2 Å². The highest BCUT2D eigenvalue weighted by Crippen LogP contribution is 2.21. The number of hydrogen-bond acceptors (Lipinski definition) is 4. The molecule has 0 radical (unpaired) electrons. The van der Waals surface area contributed by atoms with E-state index in [1.54, 1.807) is 4.90 Å². The molecule has 7 heteroatoms. The van der Waals surface area contributed by atoms with Crippen molar-refractivity contribution in [2.45, 2.75) is 31.7 Å². The summed E-state index contributed by atoms with van der Waals surface area (Å²) in [7, 11) is 0. The van der Waals surface area contributed by atoms with E-state index in [4.69, 9.17) is 0 Å². The zero-order chi connectivity index (χ0) is 22.3. The minimum atomic E-state index is -0.440. The summed E-state index contributed by atoms with van der Waals surface area (Å²) in [5.41, 5.74) is 2.58. The smallest absolute Gasteiger partial charge is 0.247 e. The first kappa shape index (κ1) is 22.4. The summed E-state index contributed by atoms with van der Waals surface area (Å²) in [5.74, 6) is 1.99. The lowest BCUT2D eigenvalue weighted by Crippen LogP contribution is -2.43. The molecule has 32 heavy (non-hydrogen) atoms. The van der Waals surface area contributed by atoms with Crippen molar-refractivity contribution in [2.24, 2.45) is 0 Å². The van der Waals surface area contributed by atoms with E-state index >= 15 is 0 Å². The fraction of sp³-hybridized carbons (Fsp3) is 0.400. The molecule has 0 bridgehead atoms. The van der Waals surface area contributed by atoms with Crippen LogP contribution in [0.4, 0.5) is 5.69 Å². The van der Waals surface area contributed by atoms with Crippen LogP contribution in [0.15, 0.2) is 54.6 Å².